The van der Waals surface area contributed by atoms with Crippen LogP contribution in [0.3, 0.4) is 0 Å². The van der Waals surface area contributed by atoms with Crippen LogP contribution in [-0.4, -0.2) is 8.42 Å². The zero-order valence-corrected chi connectivity index (χ0v) is 16.2. The molecule has 0 fully saturated rings. The van der Waals surface area contributed by atoms with E-state index < -0.39 is 10.0 Å². The minimum atomic E-state index is -3.72. The SMILES string of the molecule is Nc1cc(Br)cc(Br)c1S(=O)(=O)NCc1ccccc1Br. The van der Waals surface area contributed by atoms with E-state index in [1.165, 1.54) is 0 Å². The van der Waals surface area contributed by atoms with Gasteiger partial charge in [0.05, 0.1) is 5.69 Å². The van der Waals surface area contributed by atoms with E-state index >= 15 is 0 Å². The highest BCUT2D eigenvalue weighted by Gasteiger charge is 2.21. The van der Waals surface area contributed by atoms with Crippen molar-refractivity contribution in [3.05, 3.63) is 55.4 Å². The highest BCUT2D eigenvalue weighted by atomic mass is 79.9. The molecule has 21 heavy (non-hydrogen) atoms. The molecule has 0 saturated heterocycles. The van der Waals surface area contributed by atoms with Gasteiger partial charge in [-0.05, 0) is 39.7 Å². The van der Waals surface area contributed by atoms with Crippen molar-refractivity contribution in [1.82, 2.24) is 4.72 Å². The zero-order valence-electron chi connectivity index (χ0n) is 10.6. The molecule has 3 N–H and O–H groups in total. The van der Waals surface area contributed by atoms with E-state index in [0.29, 0.717) is 8.95 Å². The van der Waals surface area contributed by atoms with Crippen molar-refractivity contribution in [1.29, 1.82) is 0 Å². The third-order valence-electron chi connectivity index (χ3n) is 2.72. The third-order valence-corrected chi connectivity index (χ3v) is 6.35. The van der Waals surface area contributed by atoms with Crippen molar-refractivity contribution in [2.24, 2.45) is 0 Å². The highest BCUT2D eigenvalue weighted by Crippen LogP contribution is 2.31. The van der Waals surface area contributed by atoms with E-state index in [4.69, 9.17) is 5.73 Å². The summed E-state index contributed by atoms with van der Waals surface area (Å²) >= 11 is 9.89. The largest absolute Gasteiger partial charge is 0.398 e. The molecule has 0 aliphatic carbocycles. The van der Waals surface area contributed by atoms with Gasteiger partial charge in [-0.2, -0.15) is 0 Å². The van der Waals surface area contributed by atoms with Crippen LogP contribution in [0.25, 0.3) is 0 Å². The number of hydrogen-bond acceptors (Lipinski definition) is 3. The molecule has 0 aliphatic rings. The Morgan fingerprint density at radius 3 is 2.33 bits per heavy atom. The van der Waals surface area contributed by atoms with Gasteiger partial charge >= 0.3 is 0 Å². The maximum absolute atomic E-state index is 12.4. The summed E-state index contributed by atoms with van der Waals surface area (Å²) in [5.41, 5.74) is 6.84. The third kappa shape index (κ3) is 4.07. The lowest BCUT2D eigenvalue weighted by Gasteiger charge is -2.12. The molecule has 0 amide bonds. The van der Waals surface area contributed by atoms with Crippen molar-refractivity contribution >= 4 is 63.5 Å². The molecule has 0 spiro atoms. The molecule has 0 aliphatic heterocycles. The van der Waals surface area contributed by atoms with Crippen LogP contribution in [0.15, 0.2) is 54.7 Å². The first kappa shape index (κ1) is 17.0. The van der Waals surface area contributed by atoms with Crippen molar-refractivity contribution in [2.45, 2.75) is 11.4 Å². The molecule has 4 nitrogen and oxygen atoms in total. The Kier molecular flexibility index (Phi) is 5.48. The van der Waals surface area contributed by atoms with Crippen LogP contribution in [0, 0.1) is 0 Å². The Labute approximate surface area is 148 Å². The summed E-state index contributed by atoms with van der Waals surface area (Å²) < 4.78 is 29.3. The maximum atomic E-state index is 12.4. The number of anilines is 1. The number of nitrogen functional groups attached to an aromatic ring is 1. The van der Waals surface area contributed by atoms with Gasteiger partial charge in [0.2, 0.25) is 10.0 Å². The second-order valence-corrected chi connectivity index (χ2v) is 8.55. The minimum Gasteiger partial charge on any atom is -0.398 e. The summed E-state index contributed by atoms with van der Waals surface area (Å²) in [6.45, 7) is 0.172. The molecule has 0 atom stereocenters. The van der Waals surface area contributed by atoms with Crippen LogP contribution < -0.4 is 10.5 Å². The Morgan fingerprint density at radius 2 is 1.71 bits per heavy atom. The van der Waals surface area contributed by atoms with E-state index in [0.717, 1.165) is 10.0 Å². The van der Waals surface area contributed by atoms with Crippen LogP contribution in [0.5, 0.6) is 0 Å². The van der Waals surface area contributed by atoms with Crippen LogP contribution in [-0.2, 0) is 16.6 Å². The van der Waals surface area contributed by atoms with E-state index in [2.05, 4.69) is 52.5 Å². The van der Waals surface area contributed by atoms with Gasteiger partial charge in [0.25, 0.3) is 0 Å². The lowest BCUT2D eigenvalue weighted by atomic mass is 10.2. The van der Waals surface area contributed by atoms with Crippen LogP contribution in [0.1, 0.15) is 5.56 Å². The summed E-state index contributed by atoms with van der Waals surface area (Å²) in [6, 6.07) is 10.6. The molecule has 0 radical (unpaired) electrons. The fourth-order valence-corrected chi connectivity index (χ4v) is 5.25. The number of nitrogens with one attached hydrogen (secondary N) is 1. The Balaban J connectivity index is 2.30. The van der Waals surface area contributed by atoms with Gasteiger partial charge in [-0.25, -0.2) is 13.1 Å². The summed E-state index contributed by atoms with van der Waals surface area (Å²) in [7, 11) is -3.72. The molecule has 2 rings (SSSR count). The summed E-state index contributed by atoms with van der Waals surface area (Å²) in [5, 5.41) is 0. The Morgan fingerprint density at radius 1 is 1.05 bits per heavy atom. The fraction of sp³-hybridized carbons (Fsp3) is 0.0769. The van der Waals surface area contributed by atoms with Gasteiger partial charge in [0.1, 0.15) is 4.90 Å². The van der Waals surface area contributed by atoms with E-state index in [1.807, 2.05) is 24.3 Å². The molecule has 112 valence electrons. The average Bonchev–Trinajstić information content (AvgIpc) is 2.36. The average molecular weight is 499 g/mol. The fourth-order valence-electron chi connectivity index (χ4n) is 1.75. The van der Waals surface area contributed by atoms with Crippen molar-refractivity contribution in [2.75, 3.05) is 5.73 Å². The molecule has 0 saturated carbocycles. The molecule has 0 unspecified atom stereocenters. The Bertz CT molecular complexity index is 756. The summed E-state index contributed by atoms with van der Waals surface area (Å²) in [5.74, 6) is 0. The molecule has 8 heteroatoms. The van der Waals surface area contributed by atoms with Gasteiger partial charge in [0, 0.05) is 20.0 Å². The highest BCUT2D eigenvalue weighted by molar-refractivity contribution is 9.11. The van der Waals surface area contributed by atoms with Gasteiger partial charge in [0.15, 0.2) is 0 Å². The smallest absolute Gasteiger partial charge is 0.244 e. The molecule has 0 aromatic heterocycles. The van der Waals surface area contributed by atoms with Gasteiger partial charge in [-0.15, -0.1) is 0 Å². The first-order chi connectivity index (χ1) is 9.81. The number of halogens is 3. The van der Waals surface area contributed by atoms with E-state index in [-0.39, 0.29) is 17.1 Å². The molecular formula is C13H11Br3N2O2S. The van der Waals surface area contributed by atoms with Gasteiger partial charge in [-0.1, -0.05) is 50.1 Å². The lowest BCUT2D eigenvalue weighted by Crippen LogP contribution is -2.24. The minimum absolute atomic E-state index is 0.0396. The Hall–Kier alpha value is -0.410. The molecular weight excluding hydrogens is 488 g/mol. The predicted molar refractivity (Wildman–Crippen MR) is 94.4 cm³/mol. The second-order valence-electron chi connectivity index (χ2n) is 4.22. The van der Waals surface area contributed by atoms with Crippen molar-refractivity contribution in [3.8, 4) is 0 Å². The predicted octanol–water partition coefficient (Wildman–Crippen LogP) is 4.03. The summed E-state index contributed by atoms with van der Waals surface area (Å²) in [4.78, 5) is 0.0396. The quantitative estimate of drug-likeness (QED) is 0.625. The van der Waals surface area contributed by atoms with Crippen LogP contribution in [0.4, 0.5) is 5.69 Å². The van der Waals surface area contributed by atoms with E-state index in [1.54, 1.807) is 12.1 Å². The van der Waals surface area contributed by atoms with Crippen LogP contribution >= 0.6 is 47.8 Å². The number of nitrogens with two attached hydrogens (primary N) is 1. The number of rotatable bonds is 4. The van der Waals surface area contributed by atoms with Crippen molar-refractivity contribution in [3.63, 3.8) is 0 Å². The zero-order chi connectivity index (χ0) is 15.6. The number of benzene rings is 2. The molecule has 2 aromatic carbocycles. The molecule has 0 heterocycles. The number of hydrogen-bond donors (Lipinski definition) is 2. The molecule has 2 aromatic rings. The normalized spacial score (nSPS) is 11.6. The molecule has 0 bridgehead atoms. The van der Waals surface area contributed by atoms with E-state index in [9.17, 15) is 8.42 Å². The van der Waals surface area contributed by atoms with Gasteiger partial charge in [-0.3, -0.25) is 0 Å². The standard InChI is InChI=1S/C13H11Br3N2O2S/c14-9-5-11(16)13(12(17)6-9)21(19,20)18-7-8-3-1-2-4-10(8)15/h1-6,18H,7,17H2. The van der Waals surface area contributed by atoms with Gasteiger partial charge < -0.3 is 5.73 Å². The summed E-state index contributed by atoms with van der Waals surface area (Å²) in [6.07, 6.45) is 0. The first-order valence-electron chi connectivity index (χ1n) is 5.79. The lowest BCUT2D eigenvalue weighted by molar-refractivity contribution is 0.581. The second kappa shape index (κ2) is 6.78. The van der Waals surface area contributed by atoms with Crippen molar-refractivity contribution < 1.29 is 8.42 Å². The topological polar surface area (TPSA) is 72.2 Å². The number of sulfonamides is 1. The van der Waals surface area contributed by atoms with Crippen LogP contribution in [0.2, 0.25) is 0 Å². The monoisotopic (exact) mass is 496 g/mol. The maximum Gasteiger partial charge on any atom is 0.244 e. The first-order valence-corrected chi connectivity index (χ1v) is 9.65.